The van der Waals surface area contributed by atoms with Crippen LogP contribution in [0.3, 0.4) is 0 Å². The smallest absolute Gasteiger partial charge is 0.372 e. The fourth-order valence-electron chi connectivity index (χ4n) is 5.70. The first kappa shape index (κ1) is 26.1. The lowest BCUT2D eigenvalue weighted by molar-refractivity contribution is -0.139. The highest BCUT2D eigenvalue weighted by atomic mass is 19.4. The Balaban J connectivity index is 1.46. The minimum absolute atomic E-state index is 0.0844. The third kappa shape index (κ3) is 6.60. The summed E-state index contributed by atoms with van der Waals surface area (Å²) in [5, 5.41) is 0. The second-order valence-electron chi connectivity index (χ2n) is 10.0. The zero-order chi connectivity index (χ0) is 25.1. The summed E-state index contributed by atoms with van der Waals surface area (Å²) < 4.78 is 88.2. The standard InChI is InChI=1S/C28H32F6O/c29-27(30,31)25-15-19(11-13-23(25)21-7-3-1-4-8-21)17-35-18-20-12-14-24(22-9-5-2-6-10-22)26(16-20)28(32,33)34/h11-16,21-22H,1-10,17-18H2. The van der Waals surface area contributed by atoms with Gasteiger partial charge in [-0.1, -0.05) is 62.8 Å². The number of rotatable bonds is 6. The van der Waals surface area contributed by atoms with Gasteiger partial charge in [0.15, 0.2) is 0 Å². The molecule has 2 fully saturated rings. The molecule has 0 radical (unpaired) electrons. The van der Waals surface area contributed by atoms with Gasteiger partial charge < -0.3 is 4.74 Å². The maximum Gasteiger partial charge on any atom is 0.416 e. The lowest BCUT2D eigenvalue weighted by atomic mass is 9.81. The highest BCUT2D eigenvalue weighted by Crippen LogP contribution is 2.42. The summed E-state index contributed by atoms with van der Waals surface area (Å²) in [6, 6.07) is 8.67. The van der Waals surface area contributed by atoms with Crippen LogP contribution in [0.2, 0.25) is 0 Å². The van der Waals surface area contributed by atoms with Crippen molar-refractivity contribution in [2.45, 2.75) is 102 Å². The van der Waals surface area contributed by atoms with Crippen LogP contribution in [0.1, 0.15) is 109 Å². The molecule has 0 aliphatic heterocycles. The summed E-state index contributed by atoms with van der Waals surface area (Å²) in [5.74, 6) is -0.169. The van der Waals surface area contributed by atoms with E-state index in [1.165, 1.54) is 0 Å². The van der Waals surface area contributed by atoms with Gasteiger partial charge in [-0.15, -0.1) is 0 Å². The first-order chi connectivity index (χ1) is 16.6. The van der Waals surface area contributed by atoms with E-state index >= 15 is 0 Å². The molecule has 0 aromatic heterocycles. The molecule has 0 bridgehead atoms. The van der Waals surface area contributed by atoms with Gasteiger partial charge in [-0.25, -0.2) is 0 Å². The third-order valence-corrected chi connectivity index (χ3v) is 7.47. The summed E-state index contributed by atoms with van der Waals surface area (Å²) in [7, 11) is 0. The molecule has 4 rings (SSSR count). The molecule has 2 saturated carbocycles. The molecule has 0 unspecified atom stereocenters. The molecule has 2 aliphatic rings. The number of halogens is 6. The summed E-state index contributed by atoms with van der Waals surface area (Å²) in [6.07, 6.45) is -0.0119. The Morgan fingerprint density at radius 2 is 0.943 bits per heavy atom. The van der Waals surface area contributed by atoms with Gasteiger partial charge in [-0.05, 0) is 71.9 Å². The van der Waals surface area contributed by atoms with E-state index in [9.17, 15) is 26.3 Å². The van der Waals surface area contributed by atoms with Gasteiger partial charge >= 0.3 is 12.4 Å². The van der Waals surface area contributed by atoms with Gasteiger partial charge in [0.2, 0.25) is 0 Å². The zero-order valence-electron chi connectivity index (χ0n) is 19.8. The lowest BCUT2D eigenvalue weighted by Gasteiger charge is -2.26. The maximum absolute atomic E-state index is 13.8. The summed E-state index contributed by atoms with van der Waals surface area (Å²) in [5.41, 5.74) is 0.171. The van der Waals surface area contributed by atoms with Crippen LogP contribution in [-0.4, -0.2) is 0 Å². The maximum atomic E-state index is 13.8. The van der Waals surface area contributed by atoms with Gasteiger partial charge in [0.1, 0.15) is 0 Å². The number of ether oxygens (including phenoxy) is 1. The number of hydrogen-bond acceptors (Lipinski definition) is 1. The fourth-order valence-corrected chi connectivity index (χ4v) is 5.70. The minimum Gasteiger partial charge on any atom is -0.372 e. The van der Waals surface area contributed by atoms with Gasteiger partial charge in [0.25, 0.3) is 0 Å². The molecule has 7 heteroatoms. The molecule has 2 aliphatic carbocycles. The largest absolute Gasteiger partial charge is 0.416 e. The van der Waals surface area contributed by atoms with Crippen LogP contribution >= 0.6 is 0 Å². The number of benzene rings is 2. The van der Waals surface area contributed by atoms with Crippen LogP contribution < -0.4 is 0 Å². The van der Waals surface area contributed by atoms with Crippen molar-refractivity contribution in [3.63, 3.8) is 0 Å². The predicted octanol–water partition coefficient (Wildman–Crippen LogP) is 9.54. The predicted molar refractivity (Wildman–Crippen MR) is 123 cm³/mol. The second kappa shape index (κ2) is 10.9. The van der Waals surface area contributed by atoms with Crippen molar-refractivity contribution < 1.29 is 31.1 Å². The Kier molecular flexibility index (Phi) is 8.14. The van der Waals surface area contributed by atoms with Gasteiger partial charge in [-0.2, -0.15) is 26.3 Å². The van der Waals surface area contributed by atoms with Crippen LogP contribution in [0.25, 0.3) is 0 Å². The minimum atomic E-state index is -4.46. The van der Waals surface area contributed by atoms with Crippen LogP contribution in [0.4, 0.5) is 26.3 Å². The Bertz CT molecular complexity index is 902. The highest BCUT2D eigenvalue weighted by molar-refractivity contribution is 5.38. The van der Waals surface area contributed by atoms with Gasteiger partial charge in [0, 0.05) is 0 Å². The number of hydrogen-bond donors (Lipinski definition) is 0. The average Bonchev–Trinajstić information content (AvgIpc) is 2.84. The van der Waals surface area contributed by atoms with Gasteiger partial charge in [-0.3, -0.25) is 0 Å². The van der Waals surface area contributed by atoms with E-state index in [0.29, 0.717) is 22.3 Å². The van der Waals surface area contributed by atoms with Crippen LogP contribution in [-0.2, 0) is 30.3 Å². The monoisotopic (exact) mass is 498 g/mol. The quantitative estimate of drug-likeness (QED) is 0.360. The molecule has 0 saturated heterocycles. The van der Waals surface area contributed by atoms with Crippen LogP contribution in [0.15, 0.2) is 36.4 Å². The average molecular weight is 499 g/mol. The van der Waals surface area contributed by atoms with Crippen LogP contribution in [0.5, 0.6) is 0 Å². The van der Waals surface area contributed by atoms with Crippen molar-refractivity contribution in [2.75, 3.05) is 0 Å². The Hall–Kier alpha value is -2.02. The molecule has 0 atom stereocenters. The third-order valence-electron chi connectivity index (χ3n) is 7.47. The van der Waals surface area contributed by atoms with E-state index in [1.54, 1.807) is 24.3 Å². The van der Waals surface area contributed by atoms with E-state index < -0.39 is 23.5 Å². The van der Waals surface area contributed by atoms with Gasteiger partial charge in [0.05, 0.1) is 24.3 Å². The van der Waals surface area contributed by atoms with E-state index in [-0.39, 0.29) is 25.0 Å². The molecule has 0 spiro atoms. The first-order valence-corrected chi connectivity index (χ1v) is 12.6. The fraction of sp³-hybridized carbons (Fsp3) is 0.571. The highest BCUT2D eigenvalue weighted by Gasteiger charge is 2.37. The molecular weight excluding hydrogens is 466 g/mol. The molecule has 1 nitrogen and oxygen atoms in total. The lowest BCUT2D eigenvalue weighted by Crippen LogP contribution is -2.15. The molecule has 35 heavy (non-hydrogen) atoms. The molecule has 0 N–H and O–H groups in total. The second-order valence-corrected chi connectivity index (χ2v) is 10.0. The van der Waals surface area contributed by atoms with Crippen molar-refractivity contribution >= 4 is 0 Å². The number of alkyl halides is 6. The van der Waals surface area contributed by atoms with Crippen molar-refractivity contribution in [1.82, 2.24) is 0 Å². The van der Waals surface area contributed by atoms with Crippen molar-refractivity contribution in [1.29, 1.82) is 0 Å². The Morgan fingerprint density at radius 1 is 0.571 bits per heavy atom. The SMILES string of the molecule is FC(F)(F)c1cc(COCc2ccc(C3CCCCC3)c(C(F)(F)F)c2)ccc1C1CCCCC1. The van der Waals surface area contributed by atoms with E-state index in [0.717, 1.165) is 76.3 Å². The molecule has 0 heterocycles. The topological polar surface area (TPSA) is 9.23 Å². The Morgan fingerprint density at radius 3 is 1.29 bits per heavy atom. The molecule has 0 amide bonds. The van der Waals surface area contributed by atoms with Crippen molar-refractivity contribution in [2.24, 2.45) is 0 Å². The molecular formula is C28H32F6O. The Labute approximate surface area is 202 Å². The normalized spacial score (nSPS) is 18.7. The van der Waals surface area contributed by atoms with E-state index in [4.69, 9.17) is 4.74 Å². The molecule has 2 aromatic carbocycles. The molecule has 2 aromatic rings. The zero-order valence-corrected chi connectivity index (χ0v) is 19.8. The summed E-state index contributed by atoms with van der Waals surface area (Å²) in [4.78, 5) is 0. The summed E-state index contributed by atoms with van der Waals surface area (Å²) >= 11 is 0. The first-order valence-electron chi connectivity index (χ1n) is 12.6. The molecule has 192 valence electrons. The van der Waals surface area contributed by atoms with E-state index in [2.05, 4.69) is 0 Å². The van der Waals surface area contributed by atoms with Crippen LogP contribution in [0, 0.1) is 0 Å². The van der Waals surface area contributed by atoms with Crippen molar-refractivity contribution in [3.8, 4) is 0 Å². The summed E-state index contributed by atoms with van der Waals surface area (Å²) in [6.45, 7) is -0.195. The van der Waals surface area contributed by atoms with Crippen molar-refractivity contribution in [3.05, 3.63) is 69.8 Å². The van der Waals surface area contributed by atoms with E-state index in [1.807, 2.05) is 0 Å².